The summed E-state index contributed by atoms with van der Waals surface area (Å²) in [6.45, 7) is 2.93. The largest absolute Gasteiger partial charge is 0.377 e. The third-order valence-electron chi connectivity index (χ3n) is 2.22. The van der Waals surface area contributed by atoms with Crippen LogP contribution in [0.4, 0.5) is 5.69 Å². The summed E-state index contributed by atoms with van der Waals surface area (Å²) in [6, 6.07) is 0. The first kappa shape index (κ1) is 12.1. The van der Waals surface area contributed by atoms with E-state index in [0.29, 0.717) is 18.8 Å². The van der Waals surface area contributed by atoms with E-state index in [0.717, 1.165) is 4.88 Å². The van der Waals surface area contributed by atoms with Gasteiger partial charge in [0.25, 0.3) is 5.56 Å². The van der Waals surface area contributed by atoms with Crippen LogP contribution in [0.3, 0.4) is 0 Å². The Kier molecular flexibility index (Phi) is 3.75. The molecular formula is C10H11ClN4OS. The molecule has 2 aromatic heterocycles. The summed E-state index contributed by atoms with van der Waals surface area (Å²) in [5.41, 5.74) is 2.03. The molecule has 2 rings (SSSR count). The number of aromatic nitrogens is 3. The monoisotopic (exact) mass is 270 g/mol. The quantitative estimate of drug-likeness (QED) is 0.923. The van der Waals surface area contributed by atoms with Gasteiger partial charge in [0.2, 0.25) is 0 Å². The molecule has 0 saturated heterocycles. The number of nitrogens with one attached hydrogen (secondary N) is 1. The second-order valence-electron chi connectivity index (χ2n) is 3.31. The molecule has 0 fully saturated rings. The van der Waals surface area contributed by atoms with Crippen molar-refractivity contribution in [1.82, 2.24) is 14.8 Å². The van der Waals surface area contributed by atoms with E-state index >= 15 is 0 Å². The lowest BCUT2D eigenvalue weighted by Crippen LogP contribution is -2.23. The Balaban J connectivity index is 2.17. The summed E-state index contributed by atoms with van der Waals surface area (Å²) < 4.78 is 1.32. The van der Waals surface area contributed by atoms with Crippen molar-refractivity contribution in [3.63, 3.8) is 0 Å². The highest BCUT2D eigenvalue weighted by Crippen LogP contribution is 2.17. The summed E-state index contributed by atoms with van der Waals surface area (Å²) in [6.07, 6.45) is 3.33. The molecule has 0 radical (unpaired) electrons. The van der Waals surface area contributed by atoms with Gasteiger partial charge in [0.15, 0.2) is 0 Å². The lowest BCUT2D eigenvalue weighted by Gasteiger charge is -2.07. The molecule has 0 saturated carbocycles. The first-order chi connectivity index (χ1) is 8.22. The van der Waals surface area contributed by atoms with E-state index in [-0.39, 0.29) is 10.6 Å². The summed E-state index contributed by atoms with van der Waals surface area (Å²) in [7, 11) is 0. The van der Waals surface area contributed by atoms with Crippen LogP contribution in [0.25, 0.3) is 0 Å². The lowest BCUT2D eigenvalue weighted by atomic mass is 10.4. The molecule has 0 bridgehead atoms. The highest BCUT2D eigenvalue weighted by molar-refractivity contribution is 7.09. The topological polar surface area (TPSA) is 59.8 Å². The van der Waals surface area contributed by atoms with Gasteiger partial charge in [-0.05, 0) is 6.92 Å². The lowest BCUT2D eigenvalue weighted by molar-refractivity contribution is 0.616. The first-order valence-electron chi connectivity index (χ1n) is 5.09. The van der Waals surface area contributed by atoms with Crippen molar-refractivity contribution in [2.45, 2.75) is 20.0 Å². The van der Waals surface area contributed by atoms with Crippen molar-refractivity contribution < 1.29 is 0 Å². The Morgan fingerprint density at radius 2 is 2.35 bits per heavy atom. The number of hydrogen-bond acceptors (Lipinski definition) is 5. The zero-order valence-corrected chi connectivity index (χ0v) is 10.8. The molecule has 0 atom stereocenters. The van der Waals surface area contributed by atoms with E-state index in [9.17, 15) is 4.79 Å². The molecule has 1 N–H and O–H groups in total. The van der Waals surface area contributed by atoms with Crippen molar-refractivity contribution in [3.8, 4) is 0 Å². The van der Waals surface area contributed by atoms with Gasteiger partial charge in [-0.25, -0.2) is 4.68 Å². The number of hydrogen-bond donors (Lipinski definition) is 1. The van der Waals surface area contributed by atoms with Gasteiger partial charge in [0, 0.05) is 17.6 Å². The minimum Gasteiger partial charge on any atom is -0.377 e. The van der Waals surface area contributed by atoms with Gasteiger partial charge in [-0.1, -0.05) is 11.6 Å². The number of thiazole rings is 1. The Labute approximate surface area is 107 Å². The van der Waals surface area contributed by atoms with Crippen LogP contribution in [0, 0.1) is 0 Å². The fourth-order valence-electron chi connectivity index (χ4n) is 1.33. The first-order valence-corrected chi connectivity index (χ1v) is 6.35. The number of nitrogens with zero attached hydrogens (tertiary/aromatic N) is 3. The fourth-order valence-corrected chi connectivity index (χ4v) is 2.07. The maximum absolute atomic E-state index is 11.7. The van der Waals surface area contributed by atoms with Crippen LogP contribution in [0.2, 0.25) is 5.02 Å². The van der Waals surface area contributed by atoms with Gasteiger partial charge in [0.05, 0.1) is 23.9 Å². The Morgan fingerprint density at radius 1 is 1.53 bits per heavy atom. The SMILES string of the molecule is CCn1ncc(NCc2cncs2)c(Cl)c1=O. The Hall–Kier alpha value is -1.40. The molecule has 7 heteroatoms. The average Bonchev–Trinajstić information content (AvgIpc) is 2.84. The summed E-state index contributed by atoms with van der Waals surface area (Å²) in [5, 5.41) is 7.25. The molecular weight excluding hydrogens is 260 g/mol. The molecule has 17 heavy (non-hydrogen) atoms. The summed E-state index contributed by atoms with van der Waals surface area (Å²) in [4.78, 5) is 16.7. The van der Waals surface area contributed by atoms with E-state index in [1.165, 1.54) is 16.0 Å². The highest BCUT2D eigenvalue weighted by atomic mass is 35.5. The van der Waals surface area contributed by atoms with Gasteiger partial charge >= 0.3 is 0 Å². The fraction of sp³-hybridized carbons (Fsp3) is 0.300. The van der Waals surface area contributed by atoms with E-state index < -0.39 is 0 Å². The highest BCUT2D eigenvalue weighted by Gasteiger charge is 2.08. The van der Waals surface area contributed by atoms with E-state index in [1.807, 2.05) is 6.92 Å². The van der Waals surface area contributed by atoms with E-state index in [4.69, 9.17) is 11.6 Å². The second-order valence-corrected chi connectivity index (χ2v) is 4.66. The third kappa shape index (κ3) is 2.65. The van der Waals surface area contributed by atoms with Crippen molar-refractivity contribution >= 4 is 28.6 Å². The number of aryl methyl sites for hydroxylation is 1. The maximum atomic E-state index is 11.7. The molecule has 2 heterocycles. The predicted octanol–water partition coefficient (Wildman–Crippen LogP) is 1.99. The molecule has 2 aromatic rings. The van der Waals surface area contributed by atoms with Gasteiger partial charge in [-0.15, -0.1) is 11.3 Å². The summed E-state index contributed by atoms with van der Waals surface area (Å²) in [5.74, 6) is 0. The molecule has 0 aliphatic carbocycles. The Bertz CT molecular complexity index is 552. The van der Waals surface area contributed by atoms with Crippen LogP contribution >= 0.6 is 22.9 Å². The van der Waals surface area contributed by atoms with Crippen LogP contribution in [0.5, 0.6) is 0 Å². The number of halogens is 1. The molecule has 0 aromatic carbocycles. The van der Waals surface area contributed by atoms with Gasteiger partial charge in [0.1, 0.15) is 5.02 Å². The second kappa shape index (κ2) is 5.29. The molecule has 0 aliphatic rings. The zero-order chi connectivity index (χ0) is 12.3. The molecule has 5 nitrogen and oxygen atoms in total. The minimum atomic E-state index is -0.275. The number of rotatable bonds is 4. The van der Waals surface area contributed by atoms with E-state index in [1.54, 1.807) is 17.9 Å². The molecule has 90 valence electrons. The third-order valence-corrected chi connectivity index (χ3v) is 3.37. The van der Waals surface area contributed by atoms with Crippen molar-refractivity contribution in [2.75, 3.05) is 5.32 Å². The van der Waals surface area contributed by atoms with Crippen molar-refractivity contribution in [1.29, 1.82) is 0 Å². The maximum Gasteiger partial charge on any atom is 0.287 e. The average molecular weight is 271 g/mol. The molecule has 0 amide bonds. The van der Waals surface area contributed by atoms with Gasteiger partial charge < -0.3 is 5.32 Å². The number of anilines is 1. The Morgan fingerprint density at radius 3 is 3.00 bits per heavy atom. The predicted molar refractivity (Wildman–Crippen MR) is 68.6 cm³/mol. The van der Waals surface area contributed by atoms with Crippen LogP contribution in [0.1, 0.15) is 11.8 Å². The zero-order valence-electron chi connectivity index (χ0n) is 9.18. The van der Waals surface area contributed by atoms with Crippen LogP contribution in [-0.4, -0.2) is 14.8 Å². The minimum absolute atomic E-state index is 0.173. The van der Waals surface area contributed by atoms with Gasteiger partial charge in [-0.2, -0.15) is 5.10 Å². The molecule has 0 unspecified atom stereocenters. The summed E-state index contributed by atoms with van der Waals surface area (Å²) >= 11 is 7.51. The van der Waals surface area contributed by atoms with Crippen LogP contribution in [-0.2, 0) is 13.1 Å². The molecule has 0 aliphatic heterocycles. The van der Waals surface area contributed by atoms with E-state index in [2.05, 4.69) is 15.4 Å². The van der Waals surface area contributed by atoms with Crippen molar-refractivity contribution in [3.05, 3.63) is 38.2 Å². The van der Waals surface area contributed by atoms with Crippen molar-refractivity contribution in [2.24, 2.45) is 0 Å². The van der Waals surface area contributed by atoms with Gasteiger partial charge in [-0.3, -0.25) is 9.78 Å². The normalized spacial score (nSPS) is 10.5. The molecule has 0 spiro atoms. The smallest absolute Gasteiger partial charge is 0.287 e. The standard InChI is InChI=1S/C10H11ClN4OS/c1-2-15-10(16)9(11)8(5-14-15)13-4-7-3-12-6-17-7/h3,5-6,13H,2,4H2,1H3. The van der Waals surface area contributed by atoms with Crippen LogP contribution < -0.4 is 10.9 Å². The van der Waals surface area contributed by atoms with Crippen LogP contribution in [0.15, 0.2) is 22.7 Å².